The number of fused-ring (bicyclic) bond motifs is 1. The molecule has 0 N–H and O–H groups in total. The Hall–Kier alpha value is -4.93. The van der Waals surface area contributed by atoms with Gasteiger partial charge in [-0.15, -0.1) is 0 Å². The summed E-state index contributed by atoms with van der Waals surface area (Å²) in [6.45, 7) is 8.87. The fourth-order valence-electron chi connectivity index (χ4n) is 5.52. The fraction of sp³-hybridized carbons (Fsp3) is 0.205. The number of hydrogen-bond acceptors (Lipinski definition) is 8. The van der Waals surface area contributed by atoms with Crippen LogP contribution in [-0.4, -0.2) is 30.4 Å². The number of hydrogen-bond donors (Lipinski definition) is 0. The van der Waals surface area contributed by atoms with Crippen molar-refractivity contribution in [3.8, 4) is 23.0 Å². The summed E-state index contributed by atoms with van der Waals surface area (Å²) in [5.41, 5.74) is 4.41. The van der Waals surface area contributed by atoms with Gasteiger partial charge in [-0.2, -0.15) is 0 Å². The number of ether oxygens (including phenoxy) is 4. The van der Waals surface area contributed by atoms with Crippen LogP contribution in [0, 0.1) is 13.8 Å². The number of nitrogens with zero attached hydrogens (tertiary/aromatic N) is 2. The summed E-state index contributed by atoms with van der Waals surface area (Å²) in [4.78, 5) is 33.0. The second-order valence-electron chi connectivity index (χ2n) is 11.4. The number of para-hydroxylation sites is 1. The van der Waals surface area contributed by atoms with E-state index in [4.69, 9.17) is 23.9 Å². The van der Waals surface area contributed by atoms with Crippen molar-refractivity contribution in [2.24, 2.45) is 4.99 Å². The summed E-state index contributed by atoms with van der Waals surface area (Å²) in [5, 5.41) is 0. The number of esters is 1. The molecule has 0 saturated carbocycles. The Bertz CT molecular complexity index is 2210. The van der Waals surface area contributed by atoms with Crippen molar-refractivity contribution in [1.29, 1.82) is 0 Å². The van der Waals surface area contributed by atoms with Gasteiger partial charge in [0.2, 0.25) is 0 Å². The van der Waals surface area contributed by atoms with Gasteiger partial charge in [-0.05, 0) is 108 Å². The predicted octanol–water partition coefficient (Wildman–Crippen LogP) is 7.08. The van der Waals surface area contributed by atoms with Gasteiger partial charge in [0.25, 0.3) is 5.56 Å². The molecule has 6 rings (SSSR count). The molecule has 0 radical (unpaired) electrons. The highest BCUT2D eigenvalue weighted by molar-refractivity contribution is 9.10. The molecule has 0 bridgehead atoms. The number of carbonyl (C=O) groups is 1. The maximum Gasteiger partial charge on any atom is 0.343 e. The third-order valence-corrected chi connectivity index (χ3v) is 9.59. The molecule has 49 heavy (non-hydrogen) atoms. The number of benzene rings is 4. The molecule has 0 unspecified atom stereocenters. The Balaban J connectivity index is 1.31. The van der Waals surface area contributed by atoms with E-state index in [1.807, 2.05) is 73.7 Å². The lowest BCUT2D eigenvalue weighted by Crippen LogP contribution is -2.40. The zero-order chi connectivity index (χ0) is 34.5. The van der Waals surface area contributed by atoms with Crippen LogP contribution < -0.4 is 33.8 Å². The predicted molar refractivity (Wildman–Crippen MR) is 195 cm³/mol. The molecule has 1 aliphatic heterocycles. The van der Waals surface area contributed by atoms with Crippen molar-refractivity contribution in [2.45, 2.75) is 33.7 Å². The van der Waals surface area contributed by atoms with E-state index in [0.29, 0.717) is 62.1 Å². The normalized spacial score (nSPS) is 14.2. The minimum Gasteiger partial charge on any atom is -0.490 e. The van der Waals surface area contributed by atoms with Crippen LogP contribution in [0.5, 0.6) is 23.0 Å². The highest BCUT2D eigenvalue weighted by atomic mass is 79.9. The number of thiazole rings is 1. The standard InChI is InChI=1S/C39H35BrN2O6S/c1-5-45-32-22-27(21-31(40)36(32)47-19-18-46-30-17-16-24(2)25(3)20-30)23-33-37(43)42-35(28-12-8-6-9-13-28)34(26(4)41-39(42)49-33)38(44)48-29-14-10-7-11-15-29/h6-17,20-23,35H,5,18-19H2,1-4H3/b33-23+/t35-/m0/s1. The van der Waals surface area contributed by atoms with Crippen molar-refractivity contribution >= 4 is 39.3 Å². The quantitative estimate of drug-likeness (QED) is 0.0818. The molecular formula is C39H35BrN2O6S. The Morgan fingerprint density at radius 1 is 0.878 bits per heavy atom. The van der Waals surface area contributed by atoms with Crippen molar-refractivity contribution < 1.29 is 23.7 Å². The molecular weight excluding hydrogens is 704 g/mol. The van der Waals surface area contributed by atoms with Crippen LogP contribution in [0.1, 0.15) is 42.1 Å². The van der Waals surface area contributed by atoms with E-state index in [2.05, 4.69) is 29.8 Å². The molecule has 5 aromatic rings. The summed E-state index contributed by atoms with van der Waals surface area (Å²) in [5.74, 6) is 1.72. The highest BCUT2D eigenvalue weighted by Crippen LogP contribution is 2.37. The zero-order valence-electron chi connectivity index (χ0n) is 27.6. The van der Waals surface area contributed by atoms with Crippen molar-refractivity contribution in [1.82, 2.24) is 4.57 Å². The van der Waals surface area contributed by atoms with E-state index in [-0.39, 0.29) is 5.56 Å². The summed E-state index contributed by atoms with van der Waals surface area (Å²) in [7, 11) is 0. The van der Waals surface area contributed by atoms with Gasteiger partial charge in [-0.25, -0.2) is 9.79 Å². The molecule has 0 spiro atoms. The van der Waals surface area contributed by atoms with E-state index in [9.17, 15) is 9.59 Å². The fourth-order valence-corrected chi connectivity index (χ4v) is 7.14. The van der Waals surface area contributed by atoms with Gasteiger partial charge in [0.15, 0.2) is 16.3 Å². The van der Waals surface area contributed by atoms with Crippen LogP contribution in [0.3, 0.4) is 0 Å². The van der Waals surface area contributed by atoms with Crippen LogP contribution >= 0.6 is 27.3 Å². The van der Waals surface area contributed by atoms with Crippen molar-refractivity contribution in [3.05, 3.63) is 149 Å². The van der Waals surface area contributed by atoms with Gasteiger partial charge in [-0.3, -0.25) is 9.36 Å². The maximum absolute atomic E-state index is 14.2. The summed E-state index contributed by atoms with van der Waals surface area (Å²) in [6, 6.07) is 27.3. The van der Waals surface area contributed by atoms with Crippen molar-refractivity contribution in [2.75, 3.05) is 19.8 Å². The number of aryl methyl sites for hydroxylation is 2. The summed E-state index contributed by atoms with van der Waals surface area (Å²) < 4.78 is 26.4. The molecule has 250 valence electrons. The molecule has 1 aromatic heterocycles. The monoisotopic (exact) mass is 738 g/mol. The summed E-state index contributed by atoms with van der Waals surface area (Å²) in [6.07, 6.45) is 1.80. The van der Waals surface area contributed by atoms with Gasteiger partial charge in [0.1, 0.15) is 24.7 Å². The van der Waals surface area contributed by atoms with Crippen LogP contribution in [0.25, 0.3) is 6.08 Å². The molecule has 4 aromatic carbocycles. The number of rotatable bonds is 11. The SMILES string of the molecule is CCOc1cc(/C=c2/sc3n(c2=O)[C@@H](c2ccccc2)C(C(=O)Oc2ccccc2)=C(C)N=3)cc(Br)c1OCCOc1ccc(C)c(C)c1. The molecule has 1 aliphatic rings. The third kappa shape index (κ3) is 7.55. The molecule has 0 aliphatic carbocycles. The molecule has 0 fully saturated rings. The van der Waals surface area contributed by atoms with Gasteiger partial charge < -0.3 is 18.9 Å². The first-order chi connectivity index (χ1) is 23.7. The van der Waals surface area contributed by atoms with E-state index < -0.39 is 12.0 Å². The Kier molecular flexibility index (Phi) is 10.5. The highest BCUT2D eigenvalue weighted by Gasteiger charge is 2.33. The topological polar surface area (TPSA) is 88.4 Å². The molecule has 0 amide bonds. The first-order valence-corrected chi connectivity index (χ1v) is 17.5. The van der Waals surface area contributed by atoms with E-state index >= 15 is 0 Å². The van der Waals surface area contributed by atoms with E-state index in [1.54, 1.807) is 41.8 Å². The third-order valence-electron chi connectivity index (χ3n) is 8.02. The lowest BCUT2D eigenvalue weighted by atomic mass is 9.96. The molecule has 1 atom stereocenters. The Labute approximate surface area is 296 Å². The van der Waals surface area contributed by atoms with Crippen LogP contribution in [0.4, 0.5) is 0 Å². The summed E-state index contributed by atoms with van der Waals surface area (Å²) >= 11 is 4.91. The largest absolute Gasteiger partial charge is 0.490 e. The smallest absolute Gasteiger partial charge is 0.343 e. The van der Waals surface area contributed by atoms with Gasteiger partial charge in [0.05, 0.1) is 32.9 Å². The minimum atomic E-state index is -0.719. The number of halogens is 1. The van der Waals surface area contributed by atoms with Gasteiger partial charge in [0, 0.05) is 0 Å². The van der Waals surface area contributed by atoms with Gasteiger partial charge >= 0.3 is 5.97 Å². The average molecular weight is 740 g/mol. The van der Waals surface area contributed by atoms with E-state index in [1.165, 1.54) is 22.5 Å². The molecule has 0 saturated heterocycles. The average Bonchev–Trinajstić information content (AvgIpc) is 3.39. The van der Waals surface area contributed by atoms with Gasteiger partial charge in [-0.1, -0.05) is 65.9 Å². The Morgan fingerprint density at radius 3 is 2.31 bits per heavy atom. The number of carbonyl (C=O) groups excluding carboxylic acids is 1. The second kappa shape index (κ2) is 15.1. The lowest BCUT2D eigenvalue weighted by Gasteiger charge is -2.24. The lowest BCUT2D eigenvalue weighted by molar-refractivity contribution is -0.130. The van der Waals surface area contributed by atoms with Crippen molar-refractivity contribution in [3.63, 3.8) is 0 Å². The second-order valence-corrected chi connectivity index (χ2v) is 13.3. The number of allylic oxidation sites excluding steroid dienone is 1. The maximum atomic E-state index is 14.2. The van der Waals surface area contributed by atoms with Crippen LogP contribution in [-0.2, 0) is 4.79 Å². The molecule has 10 heteroatoms. The first kappa shape index (κ1) is 34.0. The number of aromatic nitrogens is 1. The Morgan fingerprint density at radius 2 is 1.59 bits per heavy atom. The van der Waals surface area contributed by atoms with Crippen LogP contribution in [0.15, 0.2) is 117 Å². The van der Waals surface area contributed by atoms with Crippen LogP contribution in [0.2, 0.25) is 0 Å². The molecule has 2 heterocycles. The zero-order valence-corrected chi connectivity index (χ0v) is 30.0. The first-order valence-electron chi connectivity index (χ1n) is 15.9. The molecule has 8 nitrogen and oxygen atoms in total. The van der Waals surface area contributed by atoms with E-state index in [0.717, 1.165) is 16.9 Å². The minimum absolute atomic E-state index is 0.270.